The van der Waals surface area contributed by atoms with E-state index < -0.39 is 5.97 Å². The zero-order chi connectivity index (χ0) is 22.5. The zero-order valence-corrected chi connectivity index (χ0v) is 18.9. The highest BCUT2D eigenvalue weighted by Gasteiger charge is 2.30. The minimum absolute atomic E-state index is 0.0529. The van der Waals surface area contributed by atoms with Crippen molar-refractivity contribution in [1.82, 2.24) is 10.3 Å². The molecule has 30 heavy (non-hydrogen) atoms. The number of hydrogen-bond donors (Lipinski definition) is 2. The molecule has 0 atom stereocenters. The number of aromatic amines is 1. The van der Waals surface area contributed by atoms with Crippen LogP contribution in [0.3, 0.4) is 0 Å². The van der Waals surface area contributed by atoms with Gasteiger partial charge in [-0.25, -0.2) is 4.79 Å². The standard InChI is InChI=1S/C23H29ClN2O4/c1-6-23(7-2,16-8-10-17(24)11-9-16)13-25-19(28)12-18-20(22(29)30-5)14(3)21(26-18)15(4)27/h8-11,26H,6-7,12-13H2,1-5H3,(H,25,28). The van der Waals surface area contributed by atoms with E-state index in [0.717, 1.165) is 18.4 Å². The van der Waals surface area contributed by atoms with Gasteiger partial charge in [-0.3, -0.25) is 9.59 Å². The average molecular weight is 433 g/mol. The summed E-state index contributed by atoms with van der Waals surface area (Å²) in [5.41, 5.74) is 2.33. The number of amides is 1. The van der Waals surface area contributed by atoms with Gasteiger partial charge in [0.05, 0.1) is 24.8 Å². The van der Waals surface area contributed by atoms with Crippen LogP contribution in [-0.4, -0.2) is 36.3 Å². The number of ketones is 1. The fraction of sp³-hybridized carbons (Fsp3) is 0.435. The Morgan fingerprint density at radius 2 is 1.73 bits per heavy atom. The molecule has 0 saturated heterocycles. The molecule has 2 N–H and O–H groups in total. The zero-order valence-electron chi connectivity index (χ0n) is 18.1. The van der Waals surface area contributed by atoms with Gasteiger partial charge in [0.15, 0.2) is 5.78 Å². The van der Waals surface area contributed by atoms with Gasteiger partial charge in [0, 0.05) is 29.6 Å². The molecule has 0 fully saturated rings. The van der Waals surface area contributed by atoms with E-state index in [9.17, 15) is 14.4 Å². The fourth-order valence-corrected chi connectivity index (χ4v) is 3.95. The monoisotopic (exact) mass is 432 g/mol. The van der Waals surface area contributed by atoms with Crippen LogP contribution in [0.15, 0.2) is 24.3 Å². The number of H-pyrrole nitrogens is 1. The minimum atomic E-state index is -0.573. The number of halogens is 1. The molecule has 0 unspecified atom stereocenters. The van der Waals surface area contributed by atoms with E-state index in [0.29, 0.717) is 28.5 Å². The van der Waals surface area contributed by atoms with E-state index in [4.69, 9.17) is 16.3 Å². The second-order valence-electron chi connectivity index (χ2n) is 7.47. The Bertz CT molecular complexity index is 927. The maximum Gasteiger partial charge on any atom is 0.339 e. The molecule has 1 aromatic heterocycles. The van der Waals surface area contributed by atoms with Gasteiger partial charge >= 0.3 is 5.97 Å². The predicted octanol–water partition coefficient (Wildman–Crippen LogP) is 4.38. The lowest BCUT2D eigenvalue weighted by Crippen LogP contribution is -2.40. The van der Waals surface area contributed by atoms with Crippen molar-refractivity contribution in [2.75, 3.05) is 13.7 Å². The number of esters is 1. The molecule has 0 radical (unpaired) electrons. The predicted molar refractivity (Wildman–Crippen MR) is 117 cm³/mol. The molecule has 0 spiro atoms. The maximum atomic E-state index is 12.7. The third-order valence-electron chi connectivity index (χ3n) is 5.84. The molecule has 1 heterocycles. The average Bonchev–Trinajstić information content (AvgIpc) is 3.05. The van der Waals surface area contributed by atoms with Crippen molar-refractivity contribution in [1.29, 1.82) is 0 Å². The van der Waals surface area contributed by atoms with Crippen molar-refractivity contribution in [2.45, 2.75) is 52.4 Å². The number of Topliss-reactive ketones (excluding diaryl/α,β-unsaturated/α-hetero) is 1. The van der Waals surface area contributed by atoms with E-state index >= 15 is 0 Å². The van der Waals surface area contributed by atoms with Gasteiger partial charge in [-0.1, -0.05) is 37.6 Å². The Morgan fingerprint density at radius 3 is 2.23 bits per heavy atom. The molecule has 7 heteroatoms. The van der Waals surface area contributed by atoms with E-state index in [-0.39, 0.29) is 29.1 Å². The maximum absolute atomic E-state index is 12.7. The van der Waals surface area contributed by atoms with Crippen LogP contribution in [0.5, 0.6) is 0 Å². The van der Waals surface area contributed by atoms with Crippen molar-refractivity contribution in [3.05, 3.63) is 57.4 Å². The van der Waals surface area contributed by atoms with Gasteiger partial charge in [-0.15, -0.1) is 0 Å². The summed E-state index contributed by atoms with van der Waals surface area (Å²) in [5.74, 6) is -1.02. The molecule has 1 aromatic carbocycles. The summed E-state index contributed by atoms with van der Waals surface area (Å²) in [7, 11) is 1.27. The van der Waals surface area contributed by atoms with Crippen molar-refractivity contribution < 1.29 is 19.1 Å². The van der Waals surface area contributed by atoms with Gasteiger partial charge in [0.2, 0.25) is 5.91 Å². The Balaban J connectivity index is 2.22. The van der Waals surface area contributed by atoms with Crippen LogP contribution in [0.4, 0.5) is 0 Å². The highest BCUT2D eigenvalue weighted by molar-refractivity contribution is 6.30. The van der Waals surface area contributed by atoms with Gasteiger partial charge in [-0.2, -0.15) is 0 Å². The molecule has 0 bridgehead atoms. The lowest BCUT2D eigenvalue weighted by Gasteiger charge is -2.32. The smallest absolute Gasteiger partial charge is 0.339 e. The Hall–Kier alpha value is -2.60. The van der Waals surface area contributed by atoms with Crippen LogP contribution in [-0.2, 0) is 21.4 Å². The summed E-state index contributed by atoms with van der Waals surface area (Å²) < 4.78 is 4.84. The minimum Gasteiger partial charge on any atom is -0.465 e. The molecule has 2 rings (SSSR count). The van der Waals surface area contributed by atoms with Crippen LogP contribution < -0.4 is 5.32 Å². The number of hydrogen-bond acceptors (Lipinski definition) is 4. The third kappa shape index (κ3) is 4.93. The summed E-state index contributed by atoms with van der Waals surface area (Å²) in [6.45, 7) is 7.71. The number of methoxy groups -OCH3 is 1. The molecule has 0 aliphatic carbocycles. The number of benzene rings is 1. The van der Waals surface area contributed by atoms with E-state index in [2.05, 4.69) is 24.1 Å². The molecular weight excluding hydrogens is 404 g/mol. The van der Waals surface area contributed by atoms with Crippen LogP contribution in [0.1, 0.15) is 71.3 Å². The molecule has 2 aromatic rings. The third-order valence-corrected chi connectivity index (χ3v) is 6.09. The first-order valence-electron chi connectivity index (χ1n) is 10.0. The molecular formula is C23H29ClN2O4. The number of aromatic nitrogens is 1. The SMILES string of the molecule is CCC(CC)(CNC(=O)Cc1[nH]c(C(C)=O)c(C)c1C(=O)OC)c1ccc(Cl)cc1. The van der Waals surface area contributed by atoms with E-state index in [1.807, 2.05) is 24.3 Å². The summed E-state index contributed by atoms with van der Waals surface area (Å²) in [5, 5.41) is 3.67. The number of rotatable bonds is 9. The second kappa shape index (κ2) is 9.94. The van der Waals surface area contributed by atoms with Crippen LogP contribution in [0, 0.1) is 6.92 Å². The Kier molecular flexibility index (Phi) is 7.84. The normalized spacial score (nSPS) is 11.3. The van der Waals surface area contributed by atoms with Crippen molar-refractivity contribution in [3.63, 3.8) is 0 Å². The molecule has 1 amide bonds. The first-order valence-corrected chi connectivity index (χ1v) is 10.4. The molecule has 0 aliphatic rings. The van der Waals surface area contributed by atoms with Gasteiger partial charge in [0.1, 0.15) is 0 Å². The van der Waals surface area contributed by atoms with Crippen molar-refractivity contribution >= 4 is 29.3 Å². The summed E-state index contributed by atoms with van der Waals surface area (Å²) in [6, 6.07) is 7.69. The molecule has 6 nitrogen and oxygen atoms in total. The number of carbonyl (C=O) groups excluding carboxylic acids is 3. The van der Waals surface area contributed by atoms with E-state index in [1.54, 1.807) is 6.92 Å². The summed E-state index contributed by atoms with van der Waals surface area (Å²) in [6.07, 6.45) is 1.63. The number of nitrogens with one attached hydrogen (secondary N) is 2. The topological polar surface area (TPSA) is 88.3 Å². The van der Waals surface area contributed by atoms with Crippen LogP contribution in [0.2, 0.25) is 5.02 Å². The lowest BCUT2D eigenvalue weighted by atomic mass is 9.76. The van der Waals surface area contributed by atoms with Gasteiger partial charge in [-0.05, 0) is 43.0 Å². The highest BCUT2D eigenvalue weighted by Crippen LogP contribution is 2.32. The fourth-order valence-electron chi connectivity index (χ4n) is 3.83. The Labute approximate surface area is 182 Å². The summed E-state index contributed by atoms with van der Waals surface area (Å²) >= 11 is 6.02. The Morgan fingerprint density at radius 1 is 1.13 bits per heavy atom. The quantitative estimate of drug-likeness (QED) is 0.454. The second-order valence-corrected chi connectivity index (χ2v) is 7.91. The first-order chi connectivity index (χ1) is 14.2. The lowest BCUT2D eigenvalue weighted by molar-refractivity contribution is -0.120. The van der Waals surface area contributed by atoms with Crippen molar-refractivity contribution in [2.24, 2.45) is 0 Å². The van der Waals surface area contributed by atoms with E-state index in [1.165, 1.54) is 14.0 Å². The highest BCUT2D eigenvalue weighted by atomic mass is 35.5. The molecule has 162 valence electrons. The van der Waals surface area contributed by atoms with Crippen LogP contribution in [0.25, 0.3) is 0 Å². The molecule has 0 saturated carbocycles. The molecule has 0 aliphatic heterocycles. The van der Waals surface area contributed by atoms with Gasteiger partial charge in [0.25, 0.3) is 0 Å². The largest absolute Gasteiger partial charge is 0.465 e. The summed E-state index contributed by atoms with van der Waals surface area (Å²) in [4.78, 5) is 39.7. The first kappa shape index (κ1) is 23.7. The van der Waals surface area contributed by atoms with Crippen molar-refractivity contribution in [3.8, 4) is 0 Å². The number of carbonyl (C=O) groups is 3. The number of ether oxygens (including phenoxy) is 1. The van der Waals surface area contributed by atoms with Crippen LogP contribution >= 0.6 is 11.6 Å². The van der Waals surface area contributed by atoms with Gasteiger partial charge < -0.3 is 15.0 Å².